The van der Waals surface area contributed by atoms with Gasteiger partial charge in [-0.1, -0.05) is 0 Å². The summed E-state index contributed by atoms with van der Waals surface area (Å²) in [6, 6.07) is -5.23. The summed E-state index contributed by atoms with van der Waals surface area (Å²) >= 11 is 0. The summed E-state index contributed by atoms with van der Waals surface area (Å²) in [7, 11) is 0. The van der Waals surface area contributed by atoms with E-state index in [1.807, 2.05) is 0 Å². The zero-order valence-electron chi connectivity index (χ0n) is 18.7. The van der Waals surface area contributed by atoms with E-state index >= 15 is 0 Å². The lowest BCUT2D eigenvalue weighted by Crippen LogP contribution is -2.56. The number of guanidine groups is 1. The molecule has 0 aromatic carbocycles. The van der Waals surface area contributed by atoms with Crippen LogP contribution in [0.2, 0.25) is 0 Å². The van der Waals surface area contributed by atoms with Gasteiger partial charge in [-0.25, -0.2) is 4.79 Å². The first-order chi connectivity index (χ1) is 15.7. The Kier molecular flexibility index (Phi) is 13.2. The predicted octanol–water partition coefficient (Wildman–Crippen LogP) is -4.33. The lowest BCUT2D eigenvalue weighted by Gasteiger charge is -2.23. The van der Waals surface area contributed by atoms with E-state index in [-0.39, 0.29) is 31.8 Å². The summed E-state index contributed by atoms with van der Waals surface area (Å²) < 4.78 is 0. The second kappa shape index (κ2) is 15.0. The standard InChI is InChI=1S/C18H32N8O8/c1-8(14(30)26-11(17(33)34)4-5-13(28)29)24-16(32)10(3-2-6-23-18(21)22)25-15(31)9(19)7-12(20)27/h8-11H,2-7,19H2,1H3,(H2,20,27)(H,24,32)(H,25,31)(H,26,30)(H,28,29)(H,33,34)(H4,21,22,23). The van der Waals surface area contributed by atoms with Crippen LogP contribution in [0.4, 0.5) is 0 Å². The summed E-state index contributed by atoms with van der Waals surface area (Å²) in [6.45, 7) is 1.40. The van der Waals surface area contributed by atoms with E-state index in [0.29, 0.717) is 0 Å². The molecule has 0 aromatic rings. The van der Waals surface area contributed by atoms with Gasteiger partial charge in [-0.15, -0.1) is 0 Å². The molecule has 0 spiro atoms. The van der Waals surface area contributed by atoms with Gasteiger partial charge in [0.15, 0.2) is 5.96 Å². The second-order valence-electron chi connectivity index (χ2n) is 7.35. The fraction of sp³-hybridized carbons (Fsp3) is 0.611. The molecule has 4 amide bonds. The molecule has 4 unspecified atom stereocenters. The molecular formula is C18H32N8O8. The summed E-state index contributed by atoms with van der Waals surface area (Å²) in [5.41, 5.74) is 21.1. The molecule has 16 nitrogen and oxygen atoms in total. The molecule has 16 heteroatoms. The molecule has 13 N–H and O–H groups in total. The van der Waals surface area contributed by atoms with Crippen LogP contribution in [-0.2, 0) is 28.8 Å². The largest absolute Gasteiger partial charge is 0.481 e. The average molecular weight is 489 g/mol. The Hall–Kier alpha value is -3.95. The van der Waals surface area contributed by atoms with Gasteiger partial charge in [0, 0.05) is 13.0 Å². The molecular weight excluding hydrogens is 456 g/mol. The number of amides is 4. The summed E-state index contributed by atoms with van der Waals surface area (Å²) in [5, 5.41) is 24.7. The van der Waals surface area contributed by atoms with E-state index in [0.717, 1.165) is 0 Å². The normalized spacial score (nSPS) is 13.9. The Morgan fingerprint density at radius 3 is 1.94 bits per heavy atom. The van der Waals surface area contributed by atoms with Crippen molar-refractivity contribution in [3.63, 3.8) is 0 Å². The first-order valence-electron chi connectivity index (χ1n) is 10.2. The van der Waals surface area contributed by atoms with Crippen molar-refractivity contribution in [3.8, 4) is 0 Å². The number of nitrogens with two attached hydrogens (primary N) is 4. The van der Waals surface area contributed by atoms with Gasteiger partial charge in [0.2, 0.25) is 23.6 Å². The minimum absolute atomic E-state index is 0.0301. The number of carbonyl (C=O) groups is 6. The second-order valence-corrected chi connectivity index (χ2v) is 7.35. The molecule has 0 saturated heterocycles. The smallest absolute Gasteiger partial charge is 0.326 e. The fourth-order valence-corrected chi connectivity index (χ4v) is 2.56. The van der Waals surface area contributed by atoms with Crippen molar-refractivity contribution in [2.45, 2.75) is 63.2 Å². The van der Waals surface area contributed by atoms with Crippen LogP contribution < -0.4 is 38.9 Å². The molecule has 0 rings (SSSR count). The van der Waals surface area contributed by atoms with Crippen LogP contribution in [0.3, 0.4) is 0 Å². The van der Waals surface area contributed by atoms with Crippen molar-refractivity contribution in [2.75, 3.05) is 6.54 Å². The van der Waals surface area contributed by atoms with Gasteiger partial charge in [-0.05, 0) is 26.2 Å². The number of rotatable bonds is 16. The number of carboxylic acids is 2. The lowest BCUT2D eigenvalue weighted by molar-refractivity contribution is -0.143. The summed E-state index contributed by atoms with van der Waals surface area (Å²) in [6.07, 6.45) is -1.04. The third-order valence-corrected chi connectivity index (χ3v) is 4.35. The van der Waals surface area contributed by atoms with Gasteiger partial charge in [0.25, 0.3) is 0 Å². The van der Waals surface area contributed by atoms with Gasteiger partial charge in [0.05, 0.1) is 12.5 Å². The van der Waals surface area contributed by atoms with Crippen molar-refractivity contribution in [1.82, 2.24) is 16.0 Å². The predicted molar refractivity (Wildman–Crippen MR) is 118 cm³/mol. The van der Waals surface area contributed by atoms with E-state index in [4.69, 9.17) is 33.1 Å². The van der Waals surface area contributed by atoms with E-state index in [2.05, 4.69) is 20.9 Å². The van der Waals surface area contributed by atoms with E-state index in [1.165, 1.54) is 6.92 Å². The Labute approximate surface area is 194 Å². The molecule has 0 fully saturated rings. The molecule has 4 atom stereocenters. The molecule has 34 heavy (non-hydrogen) atoms. The van der Waals surface area contributed by atoms with Gasteiger partial charge >= 0.3 is 11.9 Å². The van der Waals surface area contributed by atoms with Crippen molar-refractivity contribution in [2.24, 2.45) is 27.9 Å². The number of hydrogen-bond acceptors (Lipinski definition) is 8. The van der Waals surface area contributed by atoms with Gasteiger partial charge in [-0.3, -0.25) is 29.0 Å². The van der Waals surface area contributed by atoms with Crippen LogP contribution in [0.1, 0.15) is 39.0 Å². The van der Waals surface area contributed by atoms with Gasteiger partial charge in [0.1, 0.15) is 18.1 Å². The molecule has 0 heterocycles. The van der Waals surface area contributed by atoms with Crippen LogP contribution >= 0.6 is 0 Å². The maximum absolute atomic E-state index is 12.7. The Bertz CT molecular complexity index is 799. The lowest BCUT2D eigenvalue weighted by atomic mass is 10.1. The average Bonchev–Trinajstić information content (AvgIpc) is 2.71. The first-order valence-corrected chi connectivity index (χ1v) is 10.2. The molecule has 0 bridgehead atoms. The monoisotopic (exact) mass is 488 g/mol. The number of nitrogens with zero attached hydrogens (tertiary/aromatic N) is 1. The minimum Gasteiger partial charge on any atom is -0.481 e. The van der Waals surface area contributed by atoms with Crippen LogP contribution in [0.15, 0.2) is 4.99 Å². The van der Waals surface area contributed by atoms with Crippen LogP contribution in [0, 0.1) is 0 Å². The molecule has 0 radical (unpaired) electrons. The SMILES string of the molecule is CC(NC(=O)C(CCCN=C(N)N)NC(=O)C(N)CC(N)=O)C(=O)NC(CCC(=O)O)C(=O)O. The number of carboxylic acid groups (broad SMARTS) is 2. The van der Waals surface area contributed by atoms with Crippen molar-refractivity contribution >= 4 is 41.5 Å². The zero-order chi connectivity index (χ0) is 26.4. The number of aliphatic imine (C=N–C) groups is 1. The minimum atomic E-state index is -1.48. The van der Waals surface area contributed by atoms with Crippen LogP contribution in [0.25, 0.3) is 0 Å². The third-order valence-electron chi connectivity index (χ3n) is 4.35. The van der Waals surface area contributed by atoms with Crippen molar-refractivity contribution in [3.05, 3.63) is 0 Å². The maximum Gasteiger partial charge on any atom is 0.326 e. The Balaban J connectivity index is 5.21. The fourth-order valence-electron chi connectivity index (χ4n) is 2.56. The summed E-state index contributed by atoms with van der Waals surface area (Å²) in [4.78, 5) is 73.8. The highest BCUT2D eigenvalue weighted by atomic mass is 16.4. The highest BCUT2D eigenvalue weighted by molar-refractivity contribution is 5.94. The van der Waals surface area contributed by atoms with Crippen LogP contribution in [-0.4, -0.2) is 82.5 Å². The highest BCUT2D eigenvalue weighted by Gasteiger charge is 2.28. The molecule has 0 aliphatic carbocycles. The highest BCUT2D eigenvalue weighted by Crippen LogP contribution is 2.03. The van der Waals surface area contributed by atoms with Crippen molar-refractivity contribution in [1.29, 1.82) is 0 Å². The van der Waals surface area contributed by atoms with Crippen molar-refractivity contribution < 1.29 is 39.0 Å². The zero-order valence-corrected chi connectivity index (χ0v) is 18.7. The van der Waals surface area contributed by atoms with E-state index < -0.39 is 72.6 Å². The number of aliphatic carboxylic acids is 2. The Morgan fingerprint density at radius 1 is 0.853 bits per heavy atom. The number of primary amides is 1. The topological polar surface area (TPSA) is 295 Å². The molecule has 0 aliphatic heterocycles. The summed E-state index contributed by atoms with van der Waals surface area (Å²) in [5.74, 6) is -6.20. The molecule has 192 valence electrons. The molecule has 0 aliphatic rings. The molecule has 0 aromatic heterocycles. The molecule has 0 saturated carbocycles. The number of carbonyl (C=O) groups excluding carboxylic acids is 4. The number of nitrogens with one attached hydrogen (secondary N) is 3. The van der Waals surface area contributed by atoms with E-state index in [9.17, 15) is 28.8 Å². The first kappa shape index (κ1) is 30.1. The van der Waals surface area contributed by atoms with E-state index in [1.54, 1.807) is 0 Å². The van der Waals surface area contributed by atoms with Gasteiger partial charge in [-0.2, -0.15) is 0 Å². The quantitative estimate of drug-likeness (QED) is 0.0568. The van der Waals surface area contributed by atoms with Gasteiger partial charge < -0.3 is 49.1 Å². The third kappa shape index (κ3) is 12.8. The maximum atomic E-state index is 12.7. The van der Waals surface area contributed by atoms with Crippen LogP contribution in [0.5, 0.6) is 0 Å². The number of hydrogen-bond donors (Lipinski definition) is 9. The Morgan fingerprint density at radius 2 is 1.44 bits per heavy atom.